The van der Waals surface area contributed by atoms with Crippen LogP contribution in [-0.4, -0.2) is 22.0 Å². The van der Waals surface area contributed by atoms with Crippen molar-refractivity contribution in [2.75, 3.05) is 6.54 Å². The maximum atomic E-state index is 11.9. The largest absolute Gasteiger partial charge is 0.354 e. The zero-order valence-electron chi connectivity index (χ0n) is 12.9. The van der Waals surface area contributed by atoms with E-state index in [2.05, 4.69) is 27.0 Å². The molecule has 0 unspecified atom stereocenters. The Morgan fingerprint density at radius 1 is 1.27 bits per heavy atom. The van der Waals surface area contributed by atoms with Gasteiger partial charge in [0.2, 0.25) is 5.91 Å². The average Bonchev–Trinajstić information content (AvgIpc) is 3.28. The number of aryl methyl sites for hydroxylation is 1. The van der Waals surface area contributed by atoms with Crippen molar-refractivity contribution < 1.29 is 4.79 Å². The number of nitrogens with zero attached hydrogens (tertiary/aromatic N) is 2. The first-order chi connectivity index (χ1) is 10.8. The van der Waals surface area contributed by atoms with Gasteiger partial charge in [-0.1, -0.05) is 30.3 Å². The van der Waals surface area contributed by atoms with Crippen molar-refractivity contribution in [3.8, 4) is 0 Å². The summed E-state index contributed by atoms with van der Waals surface area (Å²) in [5, 5.41) is 3.01. The highest BCUT2D eigenvalue weighted by atomic mass is 16.1. The second-order valence-corrected chi connectivity index (χ2v) is 5.94. The first-order valence-corrected chi connectivity index (χ1v) is 8.14. The van der Waals surface area contributed by atoms with Gasteiger partial charge in [-0.25, -0.2) is 4.98 Å². The van der Waals surface area contributed by atoms with Crippen LogP contribution in [-0.2, 0) is 17.8 Å². The van der Waals surface area contributed by atoms with Crippen LogP contribution >= 0.6 is 0 Å². The third-order valence-corrected chi connectivity index (χ3v) is 4.08. The maximum absolute atomic E-state index is 11.9. The molecule has 0 spiro atoms. The van der Waals surface area contributed by atoms with Crippen LogP contribution in [0.15, 0.2) is 42.7 Å². The fourth-order valence-electron chi connectivity index (χ4n) is 2.71. The predicted molar refractivity (Wildman–Crippen MR) is 86.6 cm³/mol. The van der Waals surface area contributed by atoms with Crippen LogP contribution in [0.3, 0.4) is 0 Å². The number of rotatable bonds is 8. The molecule has 0 aliphatic heterocycles. The summed E-state index contributed by atoms with van der Waals surface area (Å²) in [6.07, 6.45) is 8.82. The number of imidazole rings is 1. The molecule has 0 radical (unpaired) electrons. The van der Waals surface area contributed by atoms with E-state index in [0.717, 1.165) is 19.4 Å². The highest BCUT2D eigenvalue weighted by Crippen LogP contribution is 2.38. The Morgan fingerprint density at radius 3 is 2.86 bits per heavy atom. The quantitative estimate of drug-likeness (QED) is 0.814. The molecule has 1 amide bonds. The van der Waals surface area contributed by atoms with Crippen LogP contribution in [0.1, 0.15) is 43.0 Å². The Hall–Kier alpha value is -2.10. The van der Waals surface area contributed by atoms with E-state index >= 15 is 0 Å². The first-order valence-electron chi connectivity index (χ1n) is 8.14. The highest BCUT2D eigenvalue weighted by Gasteiger charge is 2.27. The number of benzene rings is 1. The van der Waals surface area contributed by atoms with E-state index in [1.165, 1.54) is 24.2 Å². The van der Waals surface area contributed by atoms with E-state index in [1.807, 2.05) is 30.6 Å². The Kier molecular flexibility index (Phi) is 4.88. The summed E-state index contributed by atoms with van der Waals surface area (Å²) >= 11 is 0. The van der Waals surface area contributed by atoms with Crippen LogP contribution in [0.5, 0.6) is 0 Å². The van der Waals surface area contributed by atoms with Gasteiger partial charge < -0.3 is 9.88 Å². The van der Waals surface area contributed by atoms with E-state index in [9.17, 15) is 4.79 Å². The summed E-state index contributed by atoms with van der Waals surface area (Å²) < 4.78 is 2.17. The molecular formula is C18H23N3O. The average molecular weight is 297 g/mol. The molecule has 0 atom stereocenters. The van der Waals surface area contributed by atoms with Crippen molar-refractivity contribution in [1.29, 1.82) is 0 Å². The van der Waals surface area contributed by atoms with Crippen LogP contribution in [0, 0.1) is 0 Å². The third kappa shape index (κ3) is 4.20. The van der Waals surface area contributed by atoms with Crippen molar-refractivity contribution in [1.82, 2.24) is 14.9 Å². The lowest BCUT2D eigenvalue weighted by atomic mass is 10.1. The normalized spacial score (nSPS) is 14.0. The van der Waals surface area contributed by atoms with Gasteiger partial charge in [0.1, 0.15) is 5.82 Å². The number of aromatic nitrogens is 2. The summed E-state index contributed by atoms with van der Waals surface area (Å²) in [5.74, 6) is 1.97. The van der Waals surface area contributed by atoms with E-state index in [1.54, 1.807) is 0 Å². The molecule has 3 rings (SSSR count). The molecule has 2 aromatic rings. The first kappa shape index (κ1) is 14.8. The highest BCUT2D eigenvalue weighted by molar-refractivity contribution is 5.75. The second-order valence-electron chi connectivity index (χ2n) is 5.94. The monoisotopic (exact) mass is 297 g/mol. The molecule has 1 aliphatic rings. The summed E-state index contributed by atoms with van der Waals surface area (Å²) in [6, 6.07) is 10.3. The molecule has 1 heterocycles. The number of hydrogen-bond donors (Lipinski definition) is 1. The summed E-state index contributed by atoms with van der Waals surface area (Å²) in [7, 11) is 0. The van der Waals surface area contributed by atoms with Crippen LogP contribution in [0.4, 0.5) is 0 Å². The van der Waals surface area contributed by atoms with Crippen molar-refractivity contribution in [3.05, 3.63) is 54.1 Å². The zero-order valence-corrected chi connectivity index (χ0v) is 12.9. The van der Waals surface area contributed by atoms with Crippen LogP contribution < -0.4 is 5.32 Å². The van der Waals surface area contributed by atoms with Gasteiger partial charge in [-0.05, 0) is 31.2 Å². The van der Waals surface area contributed by atoms with E-state index < -0.39 is 0 Å². The van der Waals surface area contributed by atoms with Gasteiger partial charge in [0.25, 0.3) is 0 Å². The zero-order chi connectivity index (χ0) is 15.2. The van der Waals surface area contributed by atoms with Gasteiger partial charge in [-0.3, -0.25) is 4.79 Å². The topological polar surface area (TPSA) is 46.9 Å². The lowest BCUT2D eigenvalue weighted by Crippen LogP contribution is -2.27. The third-order valence-electron chi connectivity index (χ3n) is 4.08. The second kappa shape index (κ2) is 7.25. The molecule has 22 heavy (non-hydrogen) atoms. The molecule has 1 N–H and O–H groups in total. The summed E-state index contributed by atoms with van der Waals surface area (Å²) in [5.41, 5.74) is 1.29. The number of carbonyl (C=O) groups excluding carboxylic acids is 1. The fourth-order valence-corrected chi connectivity index (χ4v) is 2.71. The molecule has 0 bridgehead atoms. The lowest BCUT2D eigenvalue weighted by Gasteiger charge is -2.08. The molecule has 0 saturated heterocycles. The van der Waals surface area contributed by atoms with E-state index in [4.69, 9.17) is 0 Å². The number of carbonyl (C=O) groups is 1. The molecule has 116 valence electrons. The van der Waals surface area contributed by atoms with Crippen molar-refractivity contribution in [2.24, 2.45) is 0 Å². The Morgan fingerprint density at radius 2 is 2.09 bits per heavy atom. The maximum Gasteiger partial charge on any atom is 0.220 e. The smallest absolute Gasteiger partial charge is 0.220 e. The lowest BCUT2D eigenvalue weighted by molar-refractivity contribution is -0.121. The summed E-state index contributed by atoms with van der Waals surface area (Å²) in [4.78, 5) is 16.3. The molecular weight excluding hydrogens is 274 g/mol. The SMILES string of the molecule is O=C(CCCc1ccccc1)NCCn1ccnc1C1CC1. The minimum absolute atomic E-state index is 0.143. The van der Waals surface area contributed by atoms with Gasteiger partial charge in [0.15, 0.2) is 0 Å². The van der Waals surface area contributed by atoms with Gasteiger partial charge >= 0.3 is 0 Å². The van der Waals surface area contributed by atoms with Gasteiger partial charge in [-0.15, -0.1) is 0 Å². The number of hydrogen-bond acceptors (Lipinski definition) is 2. The molecule has 4 nitrogen and oxygen atoms in total. The Balaban J connectivity index is 1.33. The Labute approximate surface area is 131 Å². The minimum atomic E-state index is 0.143. The van der Waals surface area contributed by atoms with Gasteiger partial charge in [0.05, 0.1) is 0 Å². The van der Waals surface area contributed by atoms with Gasteiger partial charge in [0, 0.05) is 37.8 Å². The standard InChI is InChI=1S/C18H23N3O/c22-17(8-4-7-15-5-2-1-3-6-15)19-11-13-21-14-12-20-18(21)16-9-10-16/h1-3,5-6,12,14,16H,4,7-11,13H2,(H,19,22). The van der Waals surface area contributed by atoms with E-state index in [0.29, 0.717) is 18.9 Å². The predicted octanol–water partition coefficient (Wildman–Crippen LogP) is 2.90. The number of nitrogens with one attached hydrogen (secondary N) is 1. The van der Waals surface area contributed by atoms with Crippen molar-refractivity contribution in [3.63, 3.8) is 0 Å². The number of amides is 1. The van der Waals surface area contributed by atoms with Crippen LogP contribution in [0.2, 0.25) is 0 Å². The van der Waals surface area contributed by atoms with Gasteiger partial charge in [-0.2, -0.15) is 0 Å². The molecule has 1 aromatic carbocycles. The molecule has 1 aliphatic carbocycles. The molecule has 1 fully saturated rings. The molecule has 1 saturated carbocycles. The minimum Gasteiger partial charge on any atom is -0.354 e. The van der Waals surface area contributed by atoms with Crippen molar-refractivity contribution in [2.45, 2.75) is 44.6 Å². The Bertz CT molecular complexity index is 602. The van der Waals surface area contributed by atoms with Crippen LogP contribution in [0.25, 0.3) is 0 Å². The van der Waals surface area contributed by atoms with Crippen molar-refractivity contribution >= 4 is 5.91 Å². The molecule has 1 aromatic heterocycles. The summed E-state index contributed by atoms with van der Waals surface area (Å²) in [6.45, 7) is 1.50. The fraction of sp³-hybridized carbons (Fsp3) is 0.444. The van der Waals surface area contributed by atoms with E-state index in [-0.39, 0.29) is 5.91 Å². The molecule has 4 heteroatoms.